The van der Waals surface area contributed by atoms with Gasteiger partial charge in [0.05, 0.1) is 17.8 Å². The fraction of sp³-hybridized carbons (Fsp3) is 0.500. The average molecular weight is 335 g/mol. The minimum Gasteiger partial charge on any atom is -0.478 e. The average Bonchev–Trinajstić information content (AvgIpc) is 2.45. The van der Waals surface area contributed by atoms with Gasteiger partial charge in [-0.25, -0.2) is 13.6 Å². The van der Waals surface area contributed by atoms with E-state index in [1.807, 2.05) is 0 Å². The first-order valence-electron chi connectivity index (χ1n) is 6.50. The fourth-order valence-corrected chi connectivity index (χ4v) is 3.14. The van der Waals surface area contributed by atoms with Crippen LogP contribution in [0.5, 0.6) is 0 Å². The second-order valence-electron chi connectivity index (χ2n) is 4.92. The van der Waals surface area contributed by atoms with Crippen molar-refractivity contribution in [3.8, 4) is 0 Å². The molecule has 0 amide bonds. The highest BCUT2D eigenvalue weighted by Gasteiger charge is 2.37. The van der Waals surface area contributed by atoms with Gasteiger partial charge in [0.2, 0.25) is 0 Å². The largest absolute Gasteiger partial charge is 0.478 e. The van der Waals surface area contributed by atoms with Gasteiger partial charge in [0.1, 0.15) is 0 Å². The Morgan fingerprint density at radius 1 is 1.36 bits per heavy atom. The number of alkyl halides is 2. The smallest absolute Gasteiger partial charge is 0.337 e. The first kappa shape index (κ1) is 16.7. The summed E-state index contributed by atoms with van der Waals surface area (Å²) in [7, 11) is -3.86. The number of carboxylic acid groups (broad SMARTS) is 1. The van der Waals surface area contributed by atoms with Crippen LogP contribution in [-0.4, -0.2) is 47.8 Å². The van der Waals surface area contributed by atoms with Crippen LogP contribution in [0.15, 0.2) is 18.3 Å². The highest BCUT2D eigenvalue weighted by atomic mass is 32.2. The summed E-state index contributed by atoms with van der Waals surface area (Å²) in [5.41, 5.74) is 0.320. The van der Waals surface area contributed by atoms with Crippen LogP contribution in [0, 0.1) is 0 Å². The lowest BCUT2D eigenvalue weighted by molar-refractivity contribution is -0.0413. The van der Waals surface area contributed by atoms with Gasteiger partial charge < -0.3 is 5.11 Å². The molecule has 0 unspecified atom stereocenters. The van der Waals surface area contributed by atoms with Gasteiger partial charge in [0.15, 0.2) is 0 Å². The quantitative estimate of drug-likeness (QED) is 0.831. The van der Waals surface area contributed by atoms with E-state index in [1.54, 1.807) is 0 Å². The van der Waals surface area contributed by atoms with Gasteiger partial charge in [-0.3, -0.25) is 4.98 Å². The molecule has 1 aliphatic rings. The van der Waals surface area contributed by atoms with Gasteiger partial charge in [-0.2, -0.15) is 17.4 Å². The molecule has 0 aromatic carbocycles. The van der Waals surface area contributed by atoms with Crippen LogP contribution >= 0.6 is 0 Å². The van der Waals surface area contributed by atoms with E-state index in [9.17, 15) is 22.0 Å². The number of nitrogens with one attached hydrogen (secondary N) is 1. The Bertz CT molecular complexity index is 639. The van der Waals surface area contributed by atoms with E-state index in [0.29, 0.717) is 5.69 Å². The summed E-state index contributed by atoms with van der Waals surface area (Å²) in [5.74, 6) is -3.95. The molecule has 2 heterocycles. The van der Waals surface area contributed by atoms with Crippen LogP contribution in [0.25, 0.3) is 0 Å². The van der Waals surface area contributed by atoms with Crippen molar-refractivity contribution >= 4 is 16.2 Å². The number of piperidine rings is 1. The Morgan fingerprint density at radius 3 is 2.50 bits per heavy atom. The zero-order chi connectivity index (χ0) is 16.4. The maximum Gasteiger partial charge on any atom is 0.337 e. The number of nitrogens with zero attached hydrogens (tertiary/aromatic N) is 2. The monoisotopic (exact) mass is 335 g/mol. The number of pyridine rings is 1. The Labute approximate surface area is 126 Å². The molecule has 1 saturated heterocycles. The zero-order valence-electron chi connectivity index (χ0n) is 11.5. The van der Waals surface area contributed by atoms with Crippen LogP contribution in [0.3, 0.4) is 0 Å². The number of halogens is 2. The summed E-state index contributed by atoms with van der Waals surface area (Å²) in [6.07, 6.45) is 0.117. The molecule has 0 atom stereocenters. The predicted octanol–water partition coefficient (Wildman–Crippen LogP) is 0.845. The Hall–Kier alpha value is -1.65. The molecule has 7 nitrogen and oxygen atoms in total. The predicted molar refractivity (Wildman–Crippen MR) is 72.7 cm³/mol. The third-order valence-corrected chi connectivity index (χ3v) is 4.86. The summed E-state index contributed by atoms with van der Waals surface area (Å²) < 4.78 is 53.3. The van der Waals surface area contributed by atoms with Crippen LogP contribution < -0.4 is 4.72 Å². The lowest BCUT2D eigenvalue weighted by atomic mass is 10.1. The molecule has 1 aromatic heterocycles. The first-order valence-corrected chi connectivity index (χ1v) is 7.94. The van der Waals surface area contributed by atoms with Crippen LogP contribution in [0.4, 0.5) is 8.78 Å². The molecule has 0 aliphatic carbocycles. The van der Waals surface area contributed by atoms with Crippen LogP contribution in [0.1, 0.15) is 28.9 Å². The maximum absolute atomic E-state index is 13.0. The highest BCUT2D eigenvalue weighted by Crippen LogP contribution is 2.28. The first-order chi connectivity index (χ1) is 10.2. The highest BCUT2D eigenvalue weighted by molar-refractivity contribution is 7.87. The number of carboxylic acids is 1. The molecule has 22 heavy (non-hydrogen) atoms. The van der Waals surface area contributed by atoms with Crippen molar-refractivity contribution in [3.63, 3.8) is 0 Å². The van der Waals surface area contributed by atoms with Gasteiger partial charge in [0, 0.05) is 32.1 Å². The van der Waals surface area contributed by atoms with E-state index in [0.717, 1.165) is 10.5 Å². The number of aromatic carboxylic acids is 1. The van der Waals surface area contributed by atoms with Crippen LogP contribution in [-0.2, 0) is 16.8 Å². The van der Waals surface area contributed by atoms with E-state index in [4.69, 9.17) is 5.11 Å². The fourth-order valence-electron chi connectivity index (χ4n) is 1.97. The zero-order valence-corrected chi connectivity index (χ0v) is 12.3. The van der Waals surface area contributed by atoms with Crippen molar-refractivity contribution in [2.24, 2.45) is 0 Å². The molecular weight excluding hydrogens is 320 g/mol. The Morgan fingerprint density at radius 2 is 2.00 bits per heavy atom. The third-order valence-electron chi connectivity index (χ3n) is 3.30. The summed E-state index contributed by atoms with van der Waals surface area (Å²) in [4.78, 5) is 14.5. The van der Waals surface area contributed by atoms with E-state index in [-0.39, 0.29) is 25.2 Å². The molecule has 0 saturated carbocycles. The lowest BCUT2D eigenvalue weighted by Crippen LogP contribution is -2.47. The summed E-state index contributed by atoms with van der Waals surface area (Å²) in [5, 5.41) is 8.73. The molecule has 0 bridgehead atoms. The molecule has 0 radical (unpaired) electrons. The van der Waals surface area contributed by atoms with Crippen LogP contribution in [0.2, 0.25) is 0 Å². The van der Waals surface area contributed by atoms with Gasteiger partial charge in [-0.15, -0.1) is 0 Å². The molecule has 2 N–H and O–H groups in total. The number of carbonyl (C=O) groups is 1. The number of aromatic nitrogens is 1. The lowest BCUT2D eigenvalue weighted by Gasteiger charge is -2.30. The van der Waals surface area contributed by atoms with Crippen molar-refractivity contribution < 1.29 is 27.1 Å². The molecule has 10 heteroatoms. The minimum absolute atomic E-state index is 0.00938. The minimum atomic E-state index is -3.86. The van der Waals surface area contributed by atoms with Gasteiger partial charge in [-0.05, 0) is 12.1 Å². The standard InChI is InChI=1S/C12H15F2N3O4S/c13-12(14)3-5-17(6-4-12)22(20,21)16-8-10-2-1-9(7-15-10)11(18)19/h1-2,7,16H,3-6,8H2,(H,18,19). The SMILES string of the molecule is O=C(O)c1ccc(CNS(=O)(=O)N2CCC(F)(F)CC2)nc1. The molecule has 122 valence electrons. The summed E-state index contributed by atoms with van der Waals surface area (Å²) in [6, 6.07) is 2.69. The molecule has 1 aliphatic heterocycles. The number of rotatable bonds is 5. The maximum atomic E-state index is 13.0. The molecular formula is C12H15F2N3O4S. The van der Waals surface area contributed by atoms with Crippen molar-refractivity contribution in [2.75, 3.05) is 13.1 Å². The van der Waals surface area contributed by atoms with Crippen molar-refractivity contribution in [1.29, 1.82) is 0 Å². The molecule has 1 fully saturated rings. The summed E-state index contributed by atoms with van der Waals surface area (Å²) in [6.45, 7) is -0.628. The second kappa shape index (κ2) is 6.23. The van der Waals surface area contributed by atoms with Crippen molar-refractivity contribution in [1.82, 2.24) is 14.0 Å². The van der Waals surface area contributed by atoms with E-state index in [1.165, 1.54) is 12.1 Å². The van der Waals surface area contributed by atoms with Gasteiger partial charge in [-0.1, -0.05) is 0 Å². The van der Waals surface area contributed by atoms with Gasteiger partial charge in [0.25, 0.3) is 16.1 Å². The topological polar surface area (TPSA) is 99.6 Å². The number of hydrogen-bond acceptors (Lipinski definition) is 4. The molecule has 1 aromatic rings. The Balaban J connectivity index is 1.94. The van der Waals surface area contributed by atoms with Crippen molar-refractivity contribution in [2.45, 2.75) is 25.3 Å². The summed E-state index contributed by atoms with van der Waals surface area (Å²) >= 11 is 0. The second-order valence-corrected chi connectivity index (χ2v) is 6.68. The normalized spacial score (nSPS) is 19.0. The van der Waals surface area contributed by atoms with E-state index >= 15 is 0 Å². The molecule has 2 rings (SSSR count). The van der Waals surface area contributed by atoms with E-state index < -0.39 is 34.9 Å². The van der Waals surface area contributed by atoms with E-state index in [2.05, 4.69) is 9.71 Å². The third kappa shape index (κ3) is 4.18. The van der Waals surface area contributed by atoms with Gasteiger partial charge >= 0.3 is 5.97 Å². The number of hydrogen-bond donors (Lipinski definition) is 2. The molecule has 0 spiro atoms. The van der Waals surface area contributed by atoms with Crippen molar-refractivity contribution in [3.05, 3.63) is 29.6 Å². The Kier molecular flexibility index (Phi) is 4.73.